The van der Waals surface area contributed by atoms with Crippen molar-refractivity contribution in [2.75, 3.05) is 6.61 Å². The Kier molecular flexibility index (Phi) is 18.6. The minimum absolute atomic E-state index is 0.0715. The minimum Gasteiger partial charge on any atom is -0.466 e. The molecule has 2 heteroatoms. The SMILES string of the molecule is CCCCCCCC/C=C\CCCCCCCCOC(=O)CC. The predicted octanol–water partition coefficient (Wildman–Crippen LogP) is 6.98. The van der Waals surface area contributed by atoms with Gasteiger partial charge in [0.1, 0.15) is 0 Å². The van der Waals surface area contributed by atoms with Crippen LogP contribution >= 0.6 is 0 Å². The van der Waals surface area contributed by atoms with E-state index < -0.39 is 0 Å². The topological polar surface area (TPSA) is 26.3 Å². The molecule has 0 saturated heterocycles. The van der Waals surface area contributed by atoms with Crippen molar-refractivity contribution >= 4 is 5.97 Å². The second kappa shape index (κ2) is 19.3. The van der Waals surface area contributed by atoms with Gasteiger partial charge in [-0.1, -0.05) is 83.8 Å². The normalized spacial score (nSPS) is 11.2. The number of hydrogen-bond donors (Lipinski definition) is 0. The van der Waals surface area contributed by atoms with Crippen molar-refractivity contribution in [3.05, 3.63) is 12.2 Å². The Morgan fingerprint density at radius 1 is 0.696 bits per heavy atom. The average Bonchev–Trinajstić information content (AvgIpc) is 2.57. The van der Waals surface area contributed by atoms with E-state index in [9.17, 15) is 4.79 Å². The molecule has 0 aliphatic rings. The highest BCUT2D eigenvalue weighted by atomic mass is 16.5. The molecule has 0 radical (unpaired) electrons. The van der Waals surface area contributed by atoms with Crippen LogP contribution in [0.3, 0.4) is 0 Å². The summed E-state index contributed by atoms with van der Waals surface area (Å²) >= 11 is 0. The molecule has 0 heterocycles. The Hall–Kier alpha value is -0.790. The first-order chi connectivity index (χ1) is 11.3. The standard InChI is InChI=1S/C21H40O2/c1-3-5-6-7-8-9-10-11-12-13-14-15-16-17-18-19-20-23-21(22)4-2/h11-12H,3-10,13-20H2,1-2H3/b12-11-. The molecule has 0 saturated carbocycles. The van der Waals surface area contributed by atoms with E-state index in [1.807, 2.05) is 6.92 Å². The molecule has 136 valence electrons. The van der Waals surface area contributed by atoms with Crippen molar-refractivity contribution in [2.45, 2.75) is 110 Å². The molecule has 0 N–H and O–H groups in total. The van der Waals surface area contributed by atoms with Gasteiger partial charge in [-0.15, -0.1) is 0 Å². The minimum atomic E-state index is -0.0715. The van der Waals surface area contributed by atoms with Crippen LogP contribution < -0.4 is 0 Å². The van der Waals surface area contributed by atoms with Crippen LogP contribution in [0.2, 0.25) is 0 Å². The Bertz CT molecular complexity index is 271. The number of ether oxygens (including phenoxy) is 1. The monoisotopic (exact) mass is 324 g/mol. The van der Waals surface area contributed by atoms with Crippen molar-refractivity contribution in [3.8, 4) is 0 Å². The summed E-state index contributed by atoms with van der Waals surface area (Å²) in [6.45, 7) is 4.71. The number of unbranched alkanes of at least 4 members (excludes halogenated alkanes) is 12. The number of rotatable bonds is 17. The van der Waals surface area contributed by atoms with Crippen molar-refractivity contribution in [1.29, 1.82) is 0 Å². The van der Waals surface area contributed by atoms with Crippen molar-refractivity contribution in [1.82, 2.24) is 0 Å². The number of esters is 1. The van der Waals surface area contributed by atoms with E-state index in [4.69, 9.17) is 4.74 Å². The second-order valence-corrected chi connectivity index (χ2v) is 6.51. The summed E-state index contributed by atoms with van der Waals surface area (Å²) in [6.07, 6.45) is 23.5. The van der Waals surface area contributed by atoms with Gasteiger partial charge in [-0.25, -0.2) is 0 Å². The van der Waals surface area contributed by atoms with Gasteiger partial charge in [0, 0.05) is 6.42 Å². The van der Waals surface area contributed by atoms with Gasteiger partial charge in [-0.3, -0.25) is 4.79 Å². The van der Waals surface area contributed by atoms with Crippen molar-refractivity contribution < 1.29 is 9.53 Å². The number of hydrogen-bond acceptors (Lipinski definition) is 2. The molecule has 0 spiro atoms. The second-order valence-electron chi connectivity index (χ2n) is 6.51. The molecule has 2 nitrogen and oxygen atoms in total. The molecular formula is C21H40O2. The van der Waals surface area contributed by atoms with Gasteiger partial charge in [0.2, 0.25) is 0 Å². The van der Waals surface area contributed by atoms with Crippen LogP contribution in [0.1, 0.15) is 110 Å². The van der Waals surface area contributed by atoms with Crippen molar-refractivity contribution in [3.63, 3.8) is 0 Å². The lowest BCUT2D eigenvalue weighted by atomic mass is 10.1. The van der Waals surface area contributed by atoms with Crippen LogP contribution in [0.25, 0.3) is 0 Å². The van der Waals surface area contributed by atoms with Gasteiger partial charge >= 0.3 is 5.97 Å². The molecule has 0 aromatic heterocycles. The molecule has 0 fully saturated rings. The first kappa shape index (κ1) is 22.2. The molecule has 0 unspecified atom stereocenters. The third kappa shape index (κ3) is 19.2. The fraction of sp³-hybridized carbons (Fsp3) is 0.857. The van der Waals surface area contributed by atoms with Crippen LogP contribution in [0.4, 0.5) is 0 Å². The summed E-state index contributed by atoms with van der Waals surface area (Å²) in [5.41, 5.74) is 0. The molecule has 0 aromatic rings. The van der Waals surface area contributed by atoms with E-state index >= 15 is 0 Å². The maximum Gasteiger partial charge on any atom is 0.305 e. The van der Waals surface area contributed by atoms with E-state index in [2.05, 4.69) is 19.1 Å². The van der Waals surface area contributed by atoms with E-state index in [0.717, 1.165) is 6.42 Å². The fourth-order valence-corrected chi connectivity index (χ4v) is 2.64. The van der Waals surface area contributed by atoms with E-state index in [1.165, 1.54) is 83.5 Å². The molecule has 0 aliphatic heterocycles. The summed E-state index contributed by atoms with van der Waals surface area (Å²) in [7, 11) is 0. The third-order valence-electron chi connectivity index (χ3n) is 4.21. The zero-order chi connectivity index (χ0) is 17.0. The number of carbonyl (C=O) groups excluding carboxylic acids is 1. The lowest BCUT2D eigenvalue weighted by molar-refractivity contribution is -0.143. The summed E-state index contributed by atoms with van der Waals surface area (Å²) in [5.74, 6) is -0.0715. The molecule has 0 bridgehead atoms. The summed E-state index contributed by atoms with van der Waals surface area (Å²) in [6, 6.07) is 0. The summed E-state index contributed by atoms with van der Waals surface area (Å²) < 4.78 is 5.06. The van der Waals surface area contributed by atoms with Gasteiger partial charge in [0.25, 0.3) is 0 Å². The van der Waals surface area contributed by atoms with E-state index in [1.54, 1.807) is 0 Å². The van der Waals surface area contributed by atoms with Gasteiger partial charge in [0.05, 0.1) is 6.61 Å². The first-order valence-corrected chi connectivity index (χ1v) is 10.1. The largest absolute Gasteiger partial charge is 0.466 e. The zero-order valence-electron chi connectivity index (χ0n) is 15.8. The highest BCUT2D eigenvalue weighted by Crippen LogP contribution is 2.10. The fourth-order valence-electron chi connectivity index (χ4n) is 2.64. The Morgan fingerprint density at radius 3 is 1.70 bits per heavy atom. The van der Waals surface area contributed by atoms with Crippen LogP contribution in [0.15, 0.2) is 12.2 Å². The molecule has 0 amide bonds. The average molecular weight is 325 g/mol. The summed E-state index contributed by atoms with van der Waals surface area (Å²) in [5, 5.41) is 0. The molecule has 0 atom stereocenters. The summed E-state index contributed by atoms with van der Waals surface area (Å²) in [4.78, 5) is 10.9. The highest BCUT2D eigenvalue weighted by molar-refractivity contribution is 5.68. The Labute approximate surface area is 145 Å². The van der Waals surface area contributed by atoms with E-state index in [-0.39, 0.29) is 5.97 Å². The van der Waals surface area contributed by atoms with E-state index in [0.29, 0.717) is 13.0 Å². The van der Waals surface area contributed by atoms with Crippen LogP contribution in [-0.2, 0) is 9.53 Å². The third-order valence-corrected chi connectivity index (χ3v) is 4.21. The quantitative estimate of drug-likeness (QED) is 0.164. The number of carbonyl (C=O) groups is 1. The maximum atomic E-state index is 10.9. The highest BCUT2D eigenvalue weighted by Gasteiger charge is 1.97. The molecule has 0 aliphatic carbocycles. The van der Waals surface area contributed by atoms with Gasteiger partial charge < -0.3 is 4.74 Å². The molecule has 0 aromatic carbocycles. The maximum absolute atomic E-state index is 10.9. The lowest BCUT2D eigenvalue weighted by Crippen LogP contribution is -2.03. The predicted molar refractivity (Wildman–Crippen MR) is 101 cm³/mol. The van der Waals surface area contributed by atoms with Crippen LogP contribution in [-0.4, -0.2) is 12.6 Å². The molecule has 23 heavy (non-hydrogen) atoms. The Balaban J connectivity index is 3.09. The van der Waals surface area contributed by atoms with Crippen molar-refractivity contribution in [2.24, 2.45) is 0 Å². The Morgan fingerprint density at radius 2 is 1.17 bits per heavy atom. The molecular weight excluding hydrogens is 284 g/mol. The molecule has 0 rings (SSSR count). The van der Waals surface area contributed by atoms with Gasteiger partial charge in [-0.2, -0.15) is 0 Å². The van der Waals surface area contributed by atoms with Gasteiger partial charge in [-0.05, 0) is 32.1 Å². The zero-order valence-corrected chi connectivity index (χ0v) is 15.8. The van der Waals surface area contributed by atoms with Crippen LogP contribution in [0.5, 0.6) is 0 Å². The smallest absolute Gasteiger partial charge is 0.305 e. The lowest BCUT2D eigenvalue weighted by Gasteiger charge is -2.03. The number of allylic oxidation sites excluding steroid dienone is 2. The first-order valence-electron chi connectivity index (χ1n) is 10.1. The van der Waals surface area contributed by atoms with Gasteiger partial charge in [0.15, 0.2) is 0 Å². The van der Waals surface area contributed by atoms with Crippen LogP contribution in [0, 0.1) is 0 Å².